The van der Waals surface area contributed by atoms with Crippen LogP contribution >= 0.6 is 0 Å². The molecule has 22 heavy (non-hydrogen) atoms. The van der Waals surface area contributed by atoms with Crippen LogP contribution in [0, 0.1) is 0 Å². The minimum atomic E-state index is -0.00384. The molecule has 1 unspecified atom stereocenters. The Kier molecular flexibility index (Phi) is 4.13. The van der Waals surface area contributed by atoms with Gasteiger partial charge in [0, 0.05) is 31.2 Å². The minimum absolute atomic E-state index is 0.00384. The van der Waals surface area contributed by atoms with Gasteiger partial charge >= 0.3 is 0 Å². The lowest BCUT2D eigenvalue weighted by Crippen LogP contribution is -2.41. The van der Waals surface area contributed by atoms with Crippen LogP contribution < -0.4 is 4.74 Å². The van der Waals surface area contributed by atoms with Crippen LogP contribution in [0.4, 0.5) is 0 Å². The third kappa shape index (κ3) is 2.47. The molecule has 0 aromatic carbocycles. The molecule has 1 aliphatic rings. The van der Waals surface area contributed by atoms with E-state index in [1.54, 1.807) is 18.3 Å². The molecule has 0 bridgehead atoms. The highest BCUT2D eigenvalue weighted by molar-refractivity contribution is 5.96. The number of carbonyl (C=O) groups is 1. The van der Waals surface area contributed by atoms with Crippen LogP contribution in [0.5, 0.6) is 5.88 Å². The Labute approximate surface area is 130 Å². The third-order valence-electron chi connectivity index (χ3n) is 4.09. The van der Waals surface area contributed by atoms with E-state index in [2.05, 4.69) is 28.7 Å². The van der Waals surface area contributed by atoms with Gasteiger partial charge in [-0.2, -0.15) is 0 Å². The summed E-state index contributed by atoms with van der Waals surface area (Å²) in [7, 11) is 0. The number of aromatic nitrogens is 2. The standard InChI is InChI=1S/C17H21N3O2/c1-3-14-15-8-6-10-19(15)11-12-20(14)17(21)13-7-5-9-18-16(13)22-4-2/h5-10,14H,3-4,11-12H2,1-2H3. The molecule has 1 aliphatic heterocycles. The Morgan fingerprint density at radius 3 is 2.95 bits per heavy atom. The molecule has 0 N–H and O–H groups in total. The van der Waals surface area contributed by atoms with E-state index >= 15 is 0 Å². The summed E-state index contributed by atoms with van der Waals surface area (Å²) in [6.45, 7) is 6.04. The van der Waals surface area contributed by atoms with Gasteiger partial charge in [0.25, 0.3) is 5.91 Å². The van der Waals surface area contributed by atoms with Crippen LogP contribution in [-0.2, 0) is 6.54 Å². The Hall–Kier alpha value is -2.30. The summed E-state index contributed by atoms with van der Waals surface area (Å²) in [5, 5.41) is 0. The molecule has 0 aliphatic carbocycles. The second kappa shape index (κ2) is 6.22. The third-order valence-corrected chi connectivity index (χ3v) is 4.09. The van der Waals surface area contributed by atoms with Gasteiger partial charge in [0.15, 0.2) is 0 Å². The Morgan fingerprint density at radius 2 is 2.18 bits per heavy atom. The van der Waals surface area contributed by atoms with Gasteiger partial charge in [0.1, 0.15) is 5.56 Å². The molecule has 0 saturated heterocycles. The fraction of sp³-hybridized carbons (Fsp3) is 0.412. The van der Waals surface area contributed by atoms with Gasteiger partial charge < -0.3 is 14.2 Å². The molecule has 0 saturated carbocycles. The van der Waals surface area contributed by atoms with E-state index < -0.39 is 0 Å². The van der Waals surface area contributed by atoms with Crippen LogP contribution in [0.2, 0.25) is 0 Å². The molecule has 0 spiro atoms. The molecule has 2 aromatic rings. The van der Waals surface area contributed by atoms with Crippen molar-refractivity contribution in [1.82, 2.24) is 14.5 Å². The predicted octanol–water partition coefficient (Wildman–Crippen LogP) is 2.89. The van der Waals surface area contributed by atoms with Crippen molar-refractivity contribution in [3.63, 3.8) is 0 Å². The second-order valence-electron chi connectivity index (χ2n) is 5.34. The van der Waals surface area contributed by atoms with Crippen molar-refractivity contribution >= 4 is 5.91 Å². The second-order valence-corrected chi connectivity index (χ2v) is 5.34. The summed E-state index contributed by atoms with van der Waals surface area (Å²) in [5.41, 5.74) is 1.74. The number of ether oxygens (including phenoxy) is 1. The lowest BCUT2D eigenvalue weighted by molar-refractivity contribution is 0.0613. The maximum atomic E-state index is 13.0. The van der Waals surface area contributed by atoms with Gasteiger partial charge in [-0.1, -0.05) is 6.92 Å². The first-order chi connectivity index (χ1) is 10.8. The average Bonchev–Trinajstić information content (AvgIpc) is 3.02. The van der Waals surface area contributed by atoms with Gasteiger partial charge in [0.05, 0.1) is 12.6 Å². The molecule has 3 rings (SSSR count). The molecule has 1 amide bonds. The maximum absolute atomic E-state index is 13.0. The summed E-state index contributed by atoms with van der Waals surface area (Å²) in [6, 6.07) is 7.82. The van der Waals surface area contributed by atoms with Crippen molar-refractivity contribution in [2.24, 2.45) is 0 Å². The highest BCUT2D eigenvalue weighted by Gasteiger charge is 2.31. The Balaban J connectivity index is 1.92. The number of rotatable bonds is 4. The number of carbonyl (C=O) groups excluding carboxylic acids is 1. The van der Waals surface area contributed by atoms with Crippen molar-refractivity contribution in [3.05, 3.63) is 47.9 Å². The number of pyridine rings is 1. The SMILES string of the molecule is CCOc1ncccc1C(=O)N1CCn2cccc2C1CC. The lowest BCUT2D eigenvalue weighted by Gasteiger charge is -2.36. The number of amides is 1. The van der Waals surface area contributed by atoms with Crippen molar-refractivity contribution in [1.29, 1.82) is 0 Å². The van der Waals surface area contributed by atoms with E-state index in [0.29, 0.717) is 24.6 Å². The van der Waals surface area contributed by atoms with Crippen LogP contribution in [0.25, 0.3) is 0 Å². The number of fused-ring (bicyclic) bond motifs is 1. The quantitative estimate of drug-likeness (QED) is 0.872. The Morgan fingerprint density at radius 1 is 1.32 bits per heavy atom. The lowest BCUT2D eigenvalue weighted by atomic mass is 10.1. The monoisotopic (exact) mass is 299 g/mol. The first-order valence-electron chi connectivity index (χ1n) is 7.80. The van der Waals surface area contributed by atoms with Crippen molar-refractivity contribution in [3.8, 4) is 5.88 Å². The minimum Gasteiger partial charge on any atom is -0.477 e. The normalized spacial score (nSPS) is 17.2. The summed E-state index contributed by atoms with van der Waals surface area (Å²) < 4.78 is 7.74. The maximum Gasteiger partial charge on any atom is 0.259 e. The molecule has 5 heteroatoms. The van der Waals surface area contributed by atoms with Gasteiger partial charge in [0.2, 0.25) is 5.88 Å². The summed E-state index contributed by atoms with van der Waals surface area (Å²) in [4.78, 5) is 19.1. The zero-order chi connectivity index (χ0) is 15.5. The van der Waals surface area contributed by atoms with Gasteiger partial charge in [-0.15, -0.1) is 0 Å². The molecule has 5 nitrogen and oxygen atoms in total. The molecule has 116 valence electrons. The van der Waals surface area contributed by atoms with Crippen molar-refractivity contribution in [2.75, 3.05) is 13.2 Å². The highest BCUT2D eigenvalue weighted by atomic mass is 16.5. The molecule has 1 atom stereocenters. The van der Waals surface area contributed by atoms with E-state index in [9.17, 15) is 4.79 Å². The number of nitrogens with zero attached hydrogens (tertiary/aromatic N) is 3. The van der Waals surface area contributed by atoms with E-state index in [-0.39, 0.29) is 11.9 Å². The van der Waals surface area contributed by atoms with Crippen LogP contribution in [0.15, 0.2) is 36.7 Å². The zero-order valence-electron chi connectivity index (χ0n) is 13.0. The summed E-state index contributed by atoms with van der Waals surface area (Å²) in [6.07, 6.45) is 4.62. The van der Waals surface area contributed by atoms with Gasteiger partial charge in [-0.05, 0) is 37.6 Å². The zero-order valence-corrected chi connectivity index (χ0v) is 13.0. The van der Waals surface area contributed by atoms with Crippen LogP contribution in [0.3, 0.4) is 0 Å². The molecular formula is C17H21N3O2. The van der Waals surface area contributed by atoms with E-state index in [1.807, 2.05) is 17.9 Å². The van der Waals surface area contributed by atoms with Crippen molar-refractivity contribution < 1.29 is 9.53 Å². The first kappa shape index (κ1) is 14.6. The molecule has 0 fully saturated rings. The highest BCUT2D eigenvalue weighted by Crippen LogP contribution is 2.31. The van der Waals surface area contributed by atoms with E-state index in [0.717, 1.165) is 13.0 Å². The van der Waals surface area contributed by atoms with Crippen LogP contribution in [-0.4, -0.2) is 33.5 Å². The van der Waals surface area contributed by atoms with Gasteiger partial charge in [-0.3, -0.25) is 4.79 Å². The number of hydrogen-bond donors (Lipinski definition) is 0. The van der Waals surface area contributed by atoms with E-state index in [1.165, 1.54) is 5.69 Å². The first-order valence-corrected chi connectivity index (χ1v) is 7.80. The topological polar surface area (TPSA) is 47.4 Å². The van der Waals surface area contributed by atoms with Gasteiger partial charge in [-0.25, -0.2) is 4.98 Å². The average molecular weight is 299 g/mol. The Bertz CT molecular complexity index is 665. The summed E-state index contributed by atoms with van der Waals surface area (Å²) in [5.74, 6) is 0.418. The molecule has 0 radical (unpaired) electrons. The molecule has 2 aromatic heterocycles. The fourth-order valence-electron chi connectivity index (χ4n) is 3.10. The smallest absolute Gasteiger partial charge is 0.259 e. The van der Waals surface area contributed by atoms with E-state index in [4.69, 9.17) is 4.74 Å². The fourth-order valence-corrected chi connectivity index (χ4v) is 3.10. The van der Waals surface area contributed by atoms with Crippen LogP contribution in [0.1, 0.15) is 42.4 Å². The largest absolute Gasteiger partial charge is 0.477 e. The molecular weight excluding hydrogens is 278 g/mol. The van der Waals surface area contributed by atoms with Crippen molar-refractivity contribution in [2.45, 2.75) is 32.9 Å². The number of hydrogen-bond acceptors (Lipinski definition) is 3. The summed E-state index contributed by atoms with van der Waals surface area (Å²) >= 11 is 0. The predicted molar refractivity (Wildman–Crippen MR) is 83.9 cm³/mol. The molecule has 3 heterocycles.